The lowest BCUT2D eigenvalue weighted by Gasteiger charge is -2.10. The molecule has 0 radical (unpaired) electrons. The van der Waals surface area contributed by atoms with E-state index in [1.165, 1.54) is 20.1 Å². The maximum atomic E-state index is 9.67. The summed E-state index contributed by atoms with van der Waals surface area (Å²) in [6, 6.07) is 31.7. The van der Waals surface area contributed by atoms with E-state index in [0.29, 0.717) is 11.4 Å². The summed E-state index contributed by atoms with van der Waals surface area (Å²) in [6.07, 6.45) is 0.750. The summed E-state index contributed by atoms with van der Waals surface area (Å²) in [5.41, 5.74) is 14.9. The van der Waals surface area contributed by atoms with Crippen molar-refractivity contribution in [2.75, 3.05) is 0 Å². The lowest BCUT2D eigenvalue weighted by molar-refractivity contribution is 1.15. The topological polar surface area (TPSA) is 62.8 Å². The third-order valence-corrected chi connectivity index (χ3v) is 6.80. The molecule has 0 unspecified atom stereocenters. The quantitative estimate of drug-likeness (QED) is 0.205. The van der Waals surface area contributed by atoms with Crippen molar-refractivity contribution in [2.45, 2.75) is 6.42 Å². The number of hydrogen-bond donors (Lipinski definition) is 0. The minimum atomic E-state index is 0.553. The molecule has 0 fully saturated rings. The van der Waals surface area contributed by atoms with Crippen LogP contribution in [0.3, 0.4) is 0 Å². The highest BCUT2D eigenvalue weighted by Crippen LogP contribution is 2.20. The molecule has 0 aromatic heterocycles. The van der Waals surface area contributed by atoms with Gasteiger partial charge in [-0.15, -0.1) is 10.9 Å². The Hall–Kier alpha value is -4.14. The van der Waals surface area contributed by atoms with Gasteiger partial charge in [0.05, 0.1) is 16.5 Å². The van der Waals surface area contributed by atoms with Crippen LogP contribution in [0, 0.1) is 14.4 Å². The smallest absolute Gasteiger partial charge is 0.399 e. The molecule has 1 aliphatic rings. The zero-order valence-corrected chi connectivity index (χ0v) is 18.0. The van der Waals surface area contributed by atoms with Crippen LogP contribution in [0.15, 0.2) is 102 Å². The Kier molecular flexibility index (Phi) is 5.29. The van der Waals surface area contributed by atoms with Crippen molar-refractivity contribution in [3.63, 3.8) is 0 Å². The van der Waals surface area contributed by atoms with E-state index in [1.807, 2.05) is 72.8 Å². The summed E-state index contributed by atoms with van der Waals surface area (Å²) >= 11 is 0. The van der Waals surface area contributed by atoms with Gasteiger partial charge in [0.2, 0.25) is 5.39 Å². The minimum absolute atomic E-state index is 0.553. The van der Waals surface area contributed by atoms with E-state index in [-0.39, 0.29) is 0 Å². The van der Waals surface area contributed by atoms with Gasteiger partial charge in [0, 0.05) is 15.4 Å². The van der Waals surface area contributed by atoms with Crippen LogP contribution in [0.4, 0.5) is 0 Å². The molecule has 1 aliphatic heterocycles. The van der Waals surface area contributed by atoms with Gasteiger partial charge in [-0.2, -0.15) is 0 Å². The molecule has 0 aliphatic carbocycles. The number of rotatable bonds is 3. The highest BCUT2D eigenvalue weighted by molar-refractivity contribution is 7.83. The van der Waals surface area contributed by atoms with Gasteiger partial charge >= 0.3 is 5.70 Å². The third kappa shape index (κ3) is 3.68. The highest BCUT2D eigenvalue weighted by atomic mass is 32.1. The molecule has 4 nitrogen and oxygen atoms in total. The first kappa shape index (κ1) is 19.8. The molecule has 0 saturated carbocycles. The van der Waals surface area contributed by atoms with Gasteiger partial charge in [0.25, 0.3) is 0 Å². The molecule has 0 spiro atoms. The standard InChI is InChI=1S/C27H18N4S/c28-30-26(18-7-3-1-4-8-18)20-11-13-24-22(15-20)17-23-16-21(12-14-25(23)32-24)27(31-29)19-9-5-2-6-10-19/h1-16H,17H2. The van der Waals surface area contributed by atoms with Crippen molar-refractivity contribution < 1.29 is 0 Å². The van der Waals surface area contributed by atoms with Crippen molar-refractivity contribution in [3.05, 3.63) is 149 Å². The van der Waals surface area contributed by atoms with Gasteiger partial charge in [-0.3, -0.25) is 0 Å². The number of diazo groups is 1. The van der Waals surface area contributed by atoms with Gasteiger partial charge in [-0.25, -0.2) is 0 Å². The Balaban J connectivity index is 1.69. The zero-order chi connectivity index (χ0) is 21.9. The lowest BCUT2D eigenvalue weighted by Crippen LogP contribution is -2.11. The highest BCUT2D eigenvalue weighted by Gasteiger charge is 2.16. The van der Waals surface area contributed by atoms with Crippen molar-refractivity contribution in [2.24, 2.45) is 5.11 Å². The average Bonchev–Trinajstić information content (AvgIpc) is 2.85. The van der Waals surface area contributed by atoms with Crippen molar-refractivity contribution in [3.8, 4) is 0 Å². The van der Waals surface area contributed by atoms with E-state index >= 15 is 0 Å². The predicted octanol–water partition coefficient (Wildman–Crippen LogP) is 5.71. The number of nitrogens with zero attached hydrogens (tertiary/aromatic N) is 4. The molecule has 32 heavy (non-hydrogen) atoms. The van der Waals surface area contributed by atoms with E-state index in [9.17, 15) is 10.9 Å². The number of fused-ring (bicyclic) bond motifs is 2. The Bertz CT molecular complexity index is 1650. The molecule has 0 N–H and O–H groups in total. The first-order valence-corrected chi connectivity index (χ1v) is 11.1. The van der Waals surface area contributed by atoms with Gasteiger partial charge < -0.3 is 10.6 Å². The monoisotopic (exact) mass is 430 g/mol. The van der Waals surface area contributed by atoms with Crippen LogP contribution in [0.2, 0.25) is 0 Å². The largest absolute Gasteiger partial charge is 0.706 e. The maximum absolute atomic E-state index is 9.67. The average molecular weight is 431 g/mol. The molecule has 1 heterocycles. The van der Waals surface area contributed by atoms with Gasteiger partial charge in [-0.05, 0) is 64.4 Å². The SMILES string of the molecule is N#[N+]C(c1ccccc1)=c1ccc2c(c1)Cc1cc(=C(N=[N-])c3ccccc3)ccc1=S=2. The van der Waals surface area contributed by atoms with E-state index in [0.717, 1.165) is 28.0 Å². The Labute approximate surface area is 188 Å². The van der Waals surface area contributed by atoms with Gasteiger partial charge in [0.15, 0.2) is 4.98 Å². The van der Waals surface area contributed by atoms with Crippen LogP contribution in [0.1, 0.15) is 22.3 Å². The molecule has 152 valence electrons. The molecule has 5 heteroatoms. The van der Waals surface area contributed by atoms with Crippen LogP contribution >= 0.6 is 10.9 Å². The summed E-state index contributed by atoms with van der Waals surface area (Å²) in [5, 5.41) is 15.0. The molecule has 0 saturated heterocycles. The predicted molar refractivity (Wildman–Crippen MR) is 129 cm³/mol. The normalized spacial score (nSPS) is 13.6. The van der Waals surface area contributed by atoms with Gasteiger partial charge in [-0.1, -0.05) is 54.6 Å². The molecule has 4 aromatic rings. The maximum Gasteiger partial charge on any atom is 0.399 e. The summed E-state index contributed by atoms with van der Waals surface area (Å²) in [6.45, 7) is 0. The molecule has 0 amide bonds. The second-order valence-corrected chi connectivity index (χ2v) is 8.64. The van der Waals surface area contributed by atoms with Crippen LogP contribution < -0.4 is 10.4 Å². The van der Waals surface area contributed by atoms with Crippen molar-refractivity contribution in [1.82, 2.24) is 0 Å². The third-order valence-electron chi connectivity index (χ3n) is 5.56. The molecule has 0 atom stereocenters. The number of benzene rings is 4. The van der Waals surface area contributed by atoms with Crippen molar-refractivity contribution in [1.29, 1.82) is 5.39 Å². The van der Waals surface area contributed by atoms with Crippen molar-refractivity contribution >= 4 is 22.3 Å². The molecular weight excluding hydrogens is 412 g/mol. The van der Waals surface area contributed by atoms with E-state index in [1.54, 1.807) is 10.9 Å². The first-order chi connectivity index (χ1) is 15.8. The molecule has 0 bridgehead atoms. The Morgan fingerprint density at radius 3 is 1.91 bits per heavy atom. The fourth-order valence-electron chi connectivity index (χ4n) is 4.01. The van der Waals surface area contributed by atoms with E-state index < -0.39 is 0 Å². The zero-order valence-electron chi connectivity index (χ0n) is 17.1. The first-order valence-electron chi connectivity index (χ1n) is 10.3. The van der Waals surface area contributed by atoms with Crippen LogP contribution in [0.25, 0.3) is 21.9 Å². The van der Waals surface area contributed by atoms with Crippen LogP contribution in [0.5, 0.6) is 0 Å². The summed E-state index contributed by atoms with van der Waals surface area (Å²) in [7, 11) is 1.73. The Morgan fingerprint density at radius 1 is 0.750 bits per heavy atom. The molecule has 5 rings (SSSR count). The molecule has 4 aromatic carbocycles. The molecular formula is C27H18N4S. The Morgan fingerprint density at radius 2 is 1.31 bits per heavy atom. The second kappa shape index (κ2) is 8.54. The van der Waals surface area contributed by atoms with Crippen LogP contribution in [-0.4, -0.2) is 0 Å². The van der Waals surface area contributed by atoms with E-state index in [2.05, 4.69) is 34.4 Å². The minimum Gasteiger partial charge on any atom is -0.706 e. The van der Waals surface area contributed by atoms with E-state index in [4.69, 9.17) is 0 Å². The van der Waals surface area contributed by atoms with Crippen LogP contribution in [-0.2, 0) is 6.42 Å². The summed E-state index contributed by atoms with van der Waals surface area (Å²) < 4.78 is 2.39. The van der Waals surface area contributed by atoms with Gasteiger partial charge in [0.1, 0.15) is 0 Å². The number of hydrogen-bond acceptors (Lipinski definition) is 2. The summed E-state index contributed by atoms with van der Waals surface area (Å²) in [5.74, 6) is 0. The lowest BCUT2D eigenvalue weighted by atomic mass is 10.0. The summed E-state index contributed by atoms with van der Waals surface area (Å²) in [4.78, 5) is 3.57. The second-order valence-electron chi connectivity index (χ2n) is 7.55. The fraction of sp³-hybridized carbons (Fsp3) is 0.0370. The fourth-order valence-corrected chi connectivity index (χ4v) is 5.04.